The van der Waals surface area contributed by atoms with Crippen LogP contribution in [0, 0.1) is 11.7 Å². The Morgan fingerprint density at radius 2 is 2.13 bits per heavy atom. The van der Waals surface area contributed by atoms with Crippen LogP contribution in [0.4, 0.5) is 4.39 Å². The SMILES string of the molecule is COc1ccc(C(C)(N)C2CC2)c(F)c1. The van der Waals surface area contributed by atoms with E-state index < -0.39 is 5.54 Å². The third kappa shape index (κ3) is 1.84. The van der Waals surface area contributed by atoms with Gasteiger partial charge in [-0.2, -0.15) is 0 Å². The maximum atomic E-state index is 13.8. The standard InChI is InChI=1S/C12H16FNO/c1-12(14,8-3-4-8)10-6-5-9(15-2)7-11(10)13/h5-8H,3-4,14H2,1-2H3. The minimum atomic E-state index is -0.545. The van der Waals surface area contributed by atoms with Crippen molar-refractivity contribution in [1.29, 1.82) is 0 Å². The highest BCUT2D eigenvalue weighted by Gasteiger charge is 2.41. The molecule has 0 radical (unpaired) electrons. The van der Waals surface area contributed by atoms with Gasteiger partial charge in [0, 0.05) is 17.2 Å². The minimum Gasteiger partial charge on any atom is -0.497 e. The summed E-state index contributed by atoms with van der Waals surface area (Å²) >= 11 is 0. The van der Waals surface area contributed by atoms with Gasteiger partial charge in [0.1, 0.15) is 11.6 Å². The number of nitrogens with two attached hydrogens (primary N) is 1. The van der Waals surface area contributed by atoms with Gasteiger partial charge in [0.15, 0.2) is 0 Å². The number of hydrogen-bond donors (Lipinski definition) is 1. The molecule has 15 heavy (non-hydrogen) atoms. The quantitative estimate of drug-likeness (QED) is 0.829. The van der Waals surface area contributed by atoms with E-state index in [4.69, 9.17) is 10.5 Å². The van der Waals surface area contributed by atoms with Crippen molar-refractivity contribution < 1.29 is 9.13 Å². The highest BCUT2D eigenvalue weighted by Crippen LogP contribution is 2.44. The molecule has 1 aromatic rings. The Morgan fingerprint density at radius 1 is 1.47 bits per heavy atom. The van der Waals surface area contributed by atoms with Crippen LogP contribution in [0.1, 0.15) is 25.3 Å². The zero-order valence-corrected chi connectivity index (χ0v) is 9.09. The Balaban J connectivity index is 2.35. The molecule has 1 atom stereocenters. The monoisotopic (exact) mass is 209 g/mol. The predicted octanol–water partition coefficient (Wildman–Crippen LogP) is 2.42. The average Bonchev–Trinajstić information content (AvgIpc) is 3.00. The summed E-state index contributed by atoms with van der Waals surface area (Å²) in [6.07, 6.45) is 2.19. The normalized spacial score (nSPS) is 19.7. The summed E-state index contributed by atoms with van der Waals surface area (Å²) < 4.78 is 18.7. The van der Waals surface area contributed by atoms with Gasteiger partial charge < -0.3 is 10.5 Å². The van der Waals surface area contributed by atoms with Crippen molar-refractivity contribution in [2.45, 2.75) is 25.3 Å². The van der Waals surface area contributed by atoms with Crippen molar-refractivity contribution in [2.75, 3.05) is 7.11 Å². The maximum Gasteiger partial charge on any atom is 0.131 e. The molecule has 1 fully saturated rings. The molecule has 1 saturated carbocycles. The number of hydrogen-bond acceptors (Lipinski definition) is 2. The van der Waals surface area contributed by atoms with Crippen molar-refractivity contribution >= 4 is 0 Å². The largest absolute Gasteiger partial charge is 0.497 e. The highest BCUT2D eigenvalue weighted by atomic mass is 19.1. The maximum absolute atomic E-state index is 13.8. The number of ether oxygens (including phenoxy) is 1. The van der Waals surface area contributed by atoms with Crippen LogP contribution in [0.2, 0.25) is 0 Å². The Bertz CT molecular complexity index is 372. The van der Waals surface area contributed by atoms with Crippen molar-refractivity contribution in [3.8, 4) is 5.75 Å². The molecule has 0 bridgehead atoms. The first-order valence-electron chi connectivity index (χ1n) is 5.18. The van der Waals surface area contributed by atoms with E-state index in [0.717, 1.165) is 12.8 Å². The van der Waals surface area contributed by atoms with E-state index >= 15 is 0 Å². The Morgan fingerprint density at radius 3 is 2.60 bits per heavy atom. The third-order valence-corrected chi connectivity index (χ3v) is 3.18. The van der Waals surface area contributed by atoms with Gasteiger partial charge in [0.25, 0.3) is 0 Å². The number of rotatable bonds is 3. The molecule has 0 aliphatic heterocycles. The summed E-state index contributed by atoms with van der Waals surface area (Å²) in [5.41, 5.74) is 6.20. The molecule has 2 nitrogen and oxygen atoms in total. The van der Waals surface area contributed by atoms with Crippen molar-refractivity contribution in [3.63, 3.8) is 0 Å². The second-order valence-corrected chi connectivity index (χ2v) is 4.40. The van der Waals surface area contributed by atoms with Gasteiger partial charge in [-0.1, -0.05) is 6.07 Å². The molecule has 1 aromatic carbocycles. The first-order valence-corrected chi connectivity index (χ1v) is 5.18. The van der Waals surface area contributed by atoms with Gasteiger partial charge in [-0.3, -0.25) is 0 Å². The van der Waals surface area contributed by atoms with E-state index in [1.54, 1.807) is 12.1 Å². The average molecular weight is 209 g/mol. The van der Waals surface area contributed by atoms with E-state index in [9.17, 15) is 4.39 Å². The summed E-state index contributed by atoms with van der Waals surface area (Å²) in [6.45, 7) is 1.90. The number of methoxy groups -OCH3 is 1. The smallest absolute Gasteiger partial charge is 0.131 e. The zero-order chi connectivity index (χ0) is 11.1. The molecule has 0 aromatic heterocycles. The van der Waals surface area contributed by atoms with Gasteiger partial charge in [0.05, 0.1) is 7.11 Å². The topological polar surface area (TPSA) is 35.2 Å². The van der Waals surface area contributed by atoms with E-state index in [1.807, 2.05) is 6.92 Å². The van der Waals surface area contributed by atoms with Crippen LogP contribution in [0.15, 0.2) is 18.2 Å². The number of halogens is 1. The van der Waals surface area contributed by atoms with Gasteiger partial charge in [-0.05, 0) is 31.7 Å². The molecule has 1 unspecified atom stereocenters. The highest BCUT2D eigenvalue weighted by molar-refractivity contribution is 5.34. The molecule has 0 heterocycles. The van der Waals surface area contributed by atoms with Crippen LogP contribution in [-0.4, -0.2) is 7.11 Å². The minimum absolute atomic E-state index is 0.272. The second-order valence-electron chi connectivity index (χ2n) is 4.40. The van der Waals surface area contributed by atoms with E-state index in [0.29, 0.717) is 17.2 Å². The molecule has 82 valence electrons. The lowest BCUT2D eigenvalue weighted by Gasteiger charge is -2.25. The molecule has 0 spiro atoms. The van der Waals surface area contributed by atoms with Crippen molar-refractivity contribution in [2.24, 2.45) is 11.7 Å². The molecule has 1 aliphatic rings. The molecular weight excluding hydrogens is 193 g/mol. The predicted molar refractivity (Wildman–Crippen MR) is 57.2 cm³/mol. The molecule has 0 saturated heterocycles. The summed E-state index contributed by atoms with van der Waals surface area (Å²) in [4.78, 5) is 0. The Hall–Kier alpha value is -1.09. The summed E-state index contributed by atoms with van der Waals surface area (Å²) in [5, 5.41) is 0. The third-order valence-electron chi connectivity index (χ3n) is 3.18. The number of benzene rings is 1. The van der Waals surface area contributed by atoms with Gasteiger partial charge in [-0.25, -0.2) is 4.39 Å². The van der Waals surface area contributed by atoms with E-state index in [2.05, 4.69) is 0 Å². The molecule has 1 aliphatic carbocycles. The lowest BCUT2D eigenvalue weighted by atomic mass is 9.88. The fourth-order valence-corrected chi connectivity index (χ4v) is 1.96. The van der Waals surface area contributed by atoms with Crippen LogP contribution in [0.3, 0.4) is 0 Å². The molecule has 3 heteroatoms. The lowest BCUT2D eigenvalue weighted by Crippen LogP contribution is -2.36. The van der Waals surface area contributed by atoms with Crippen LogP contribution in [-0.2, 0) is 5.54 Å². The molecule has 0 amide bonds. The first kappa shape index (κ1) is 10.4. The Kier molecular flexibility index (Phi) is 2.43. The fraction of sp³-hybridized carbons (Fsp3) is 0.500. The zero-order valence-electron chi connectivity index (χ0n) is 9.09. The van der Waals surface area contributed by atoms with E-state index in [1.165, 1.54) is 13.2 Å². The van der Waals surface area contributed by atoms with Crippen molar-refractivity contribution in [1.82, 2.24) is 0 Å². The summed E-state index contributed by atoms with van der Waals surface area (Å²) in [6, 6.07) is 4.88. The van der Waals surface area contributed by atoms with Crippen molar-refractivity contribution in [3.05, 3.63) is 29.6 Å². The molecular formula is C12H16FNO. The molecule has 2 N–H and O–H groups in total. The van der Waals surface area contributed by atoms with Gasteiger partial charge in [0.2, 0.25) is 0 Å². The van der Waals surface area contributed by atoms with Gasteiger partial charge >= 0.3 is 0 Å². The van der Waals surface area contributed by atoms with Crippen LogP contribution in [0.5, 0.6) is 5.75 Å². The van der Waals surface area contributed by atoms with E-state index in [-0.39, 0.29) is 5.82 Å². The summed E-state index contributed by atoms with van der Waals surface area (Å²) in [5.74, 6) is 0.675. The molecule has 2 rings (SSSR count). The fourth-order valence-electron chi connectivity index (χ4n) is 1.96. The second kappa shape index (κ2) is 3.49. The Labute approximate surface area is 89.2 Å². The lowest BCUT2D eigenvalue weighted by molar-refractivity contribution is 0.391. The summed E-state index contributed by atoms with van der Waals surface area (Å²) in [7, 11) is 1.52. The first-order chi connectivity index (χ1) is 7.05. The van der Waals surface area contributed by atoms with Gasteiger partial charge in [-0.15, -0.1) is 0 Å². The van der Waals surface area contributed by atoms with Crippen LogP contribution in [0.25, 0.3) is 0 Å². The van der Waals surface area contributed by atoms with Crippen LogP contribution >= 0.6 is 0 Å². The van der Waals surface area contributed by atoms with Crippen LogP contribution < -0.4 is 10.5 Å².